The van der Waals surface area contributed by atoms with Crippen molar-refractivity contribution in [3.05, 3.63) is 53.1 Å². The number of imide groups is 1. The van der Waals surface area contributed by atoms with E-state index in [0.717, 1.165) is 0 Å². The van der Waals surface area contributed by atoms with Crippen LogP contribution in [0.5, 0.6) is 11.5 Å². The van der Waals surface area contributed by atoms with Crippen LogP contribution in [0, 0.1) is 0 Å². The number of amides is 4. The second kappa shape index (κ2) is 8.74. The molecule has 4 amide bonds. The number of nitrogens with zero attached hydrogens (tertiary/aromatic N) is 1. The van der Waals surface area contributed by atoms with E-state index in [4.69, 9.17) is 14.3 Å². The maximum absolute atomic E-state index is 12.9. The molecule has 0 aliphatic carbocycles. The standard InChI is InChI=1S/C21H21N3O7/c1-11(2)22-21(28)23-15-10-17(30-4)16(29-3)9-14(15)20(27)31-24-18(25)12-7-5-6-8-13(12)19(24)26/h5-11H,1-4H3,(H2,22,23,28). The predicted molar refractivity (Wildman–Crippen MR) is 109 cm³/mol. The van der Waals surface area contributed by atoms with Crippen LogP contribution < -0.4 is 20.1 Å². The summed E-state index contributed by atoms with van der Waals surface area (Å²) in [6.07, 6.45) is 0. The number of fused-ring (bicyclic) bond motifs is 1. The Bertz CT molecular complexity index is 1030. The van der Waals surface area contributed by atoms with Gasteiger partial charge in [0.15, 0.2) is 11.5 Å². The Morgan fingerprint density at radius 2 is 1.48 bits per heavy atom. The van der Waals surface area contributed by atoms with Crippen LogP contribution in [0.4, 0.5) is 10.5 Å². The van der Waals surface area contributed by atoms with E-state index < -0.39 is 23.8 Å². The summed E-state index contributed by atoms with van der Waals surface area (Å²) >= 11 is 0. The van der Waals surface area contributed by atoms with Gasteiger partial charge in [-0.05, 0) is 26.0 Å². The number of carbonyl (C=O) groups excluding carboxylic acids is 4. The summed E-state index contributed by atoms with van der Waals surface area (Å²) in [6, 6.07) is 8.04. The first-order chi connectivity index (χ1) is 14.8. The number of anilines is 1. The zero-order valence-electron chi connectivity index (χ0n) is 17.3. The van der Waals surface area contributed by atoms with Crippen molar-refractivity contribution in [2.75, 3.05) is 19.5 Å². The van der Waals surface area contributed by atoms with E-state index in [-0.39, 0.29) is 39.9 Å². The van der Waals surface area contributed by atoms with Crippen molar-refractivity contribution in [2.24, 2.45) is 0 Å². The van der Waals surface area contributed by atoms with Gasteiger partial charge in [-0.1, -0.05) is 17.2 Å². The van der Waals surface area contributed by atoms with Crippen molar-refractivity contribution < 1.29 is 33.5 Å². The third kappa shape index (κ3) is 4.27. The summed E-state index contributed by atoms with van der Waals surface area (Å²) in [4.78, 5) is 55.2. The number of hydroxylamine groups is 2. The lowest BCUT2D eigenvalue weighted by Crippen LogP contribution is -2.35. The van der Waals surface area contributed by atoms with E-state index in [1.165, 1.54) is 38.5 Å². The van der Waals surface area contributed by atoms with Crippen LogP contribution in [0.1, 0.15) is 44.9 Å². The highest BCUT2D eigenvalue weighted by Crippen LogP contribution is 2.34. The molecule has 2 aromatic carbocycles. The third-order valence-corrected chi connectivity index (χ3v) is 4.34. The molecule has 0 bridgehead atoms. The van der Waals surface area contributed by atoms with Crippen LogP contribution in [0.3, 0.4) is 0 Å². The van der Waals surface area contributed by atoms with Gasteiger partial charge in [-0.2, -0.15) is 0 Å². The first kappa shape index (κ1) is 21.6. The molecular weight excluding hydrogens is 406 g/mol. The molecule has 0 unspecified atom stereocenters. The third-order valence-electron chi connectivity index (χ3n) is 4.34. The van der Waals surface area contributed by atoms with Gasteiger partial charge >= 0.3 is 12.0 Å². The molecule has 10 nitrogen and oxygen atoms in total. The number of nitrogens with one attached hydrogen (secondary N) is 2. The Balaban J connectivity index is 1.93. The van der Waals surface area contributed by atoms with Gasteiger partial charge < -0.3 is 24.9 Å². The van der Waals surface area contributed by atoms with Crippen LogP contribution in [-0.4, -0.2) is 49.1 Å². The minimum Gasteiger partial charge on any atom is -0.493 e. The molecule has 31 heavy (non-hydrogen) atoms. The van der Waals surface area contributed by atoms with Gasteiger partial charge in [0.1, 0.15) is 0 Å². The smallest absolute Gasteiger partial charge is 0.366 e. The topological polar surface area (TPSA) is 123 Å². The predicted octanol–water partition coefficient (Wildman–Crippen LogP) is 2.60. The van der Waals surface area contributed by atoms with Crippen LogP contribution in [0.2, 0.25) is 0 Å². The molecule has 0 atom stereocenters. The van der Waals surface area contributed by atoms with Crippen molar-refractivity contribution in [2.45, 2.75) is 19.9 Å². The first-order valence-electron chi connectivity index (χ1n) is 9.30. The van der Waals surface area contributed by atoms with Crippen molar-refractivity contribution in [3.63, 3.8) is 0 Å². The number of methoxy groups -OCH3 is 2. The molecule has 1 aliphatic heterocycles. The summed E-state index contributed by atoms with van der Waals surface area (Å²) < 4.78 is 10.4. The normalized spacial score (nSPS) is 12.5. The summed E-state index contributed by atoms with van der Waals surface area (Å²) in [7, 11) is 2.77. The molecule has 10 heteroatoms. The van der Waals surface area contributed by atoms with E-state index >= 15 is 0 Å². The van der Waals surface area contributed by atoms with Gasteiger partial charge in [0.25, 0.3) is 11.8 Å². The van der Waals surface area contributed by atoms with E-state index in [9.17, 15) is 19.2 Å². The Hall–Kier alpha value is -4.08. The molecule has 0 aromatic heterocycles. The van der Waals surface area contributed by atoms with Crippen LogP contribution >= 0.6 is 0 Å². The van der Waals surface area contributed by atoms with E-state index in [1.807, 2.05) is 0 Å². The van der Waals surface area contributed by atoms with E-state index in [2.05, 4.69) is 10.6 Å². The van der Waals surface area contributed by atoms with Gasteiger partial charge in [0, 0.05) is 18.2 Å². The number of ether oxygens (including phenoxy) is 2. The maximum atomic E-state index is 12.9. The Morgan fingerprint density at radius 1 is 0.935 bits per heavy atom. The first-order valence-corrected chi connectivity index (χ1v) is 9.30. The average Bonchev–Trinajstić information content (AvgIpc) is 2.97. The lowest BCUT2D eigenvalue weighted by atomic mass is 10.1. The maximum Gasteiger partial charge on any atom is 0.366 e. The minimum atomic E-state index is -1.05. The van der Waals surface area contributed by atoms with Gasteiger partial charge in [-0.15, -0.1) is 0 Å². The lowest BCUT2D eigenvalue weighted by molar-refractivity contribution is -0.0584. The van der Waals surface area contributed by atoms with Gasteiger partial charge in [0.2, 0.25) is 0 Å². The highest BCUT2D eigenvalue weighted by molar-refractivity contribution is 6.21. The van der Waals surface area contributed by atoms with Gasteiger partial charge in [-0.25, -0.2) is 9.59 Å². The average molecular weight is 427 g/mol. The Morgan fingerprint density at radius 3 is 2.00 bits per heavy atom. The quantitative estimate of drug-likeness (QED) is 0.679. The lowest BCUT2D eigenvalue weighted by Gasteiger charge is -2.18. The number of carbonyl (C=O) groups is 4. The van der Waals surface area contributed by atoms with Crippen molar-refractivity contribution >= 4 is 29.5 Å². The number of hydrogen-bond acceptors (Lipinski definition) is 7. The molecule has 0 radical (unpaired) electrons. The van der Waals surface area contributed by atoms with Gasteiger partial charge in [-0.3, -0.25) is 9.59 Å². The fourth-order valence-electron chi connectivity index (χ4n) is 2.95. The summed E-state index contributed by atoms with van der Waals surface area (Å²) in [6.45, 7) is 3.54. The van der Waals surface area contributed by atoms with Crippen LogP contribution in [0.15, 0.2) is 36.4 Å². The van der Waals surface area contributed by atoms with Crippen LogP contribution in [0.25, 0.3) is 0 Å². The molecule has 2 N–H and O–H groups in total. The SMILES string of the molecule is COc1cc(NC(=O)NC(C)C)c(C(=O)ON2C(=O)c3ccccc3C2=O)cc1OC. The highest BCUT2D eigenvalue weighted by atomic mass is 16.7. The molecule has 0 saturated heterocycles. The van der Waals surface area contributed by atoms with Crippen molar-refractivity contribution in [1.82, 2.24) is 10.4 Å². The number of rotatable bonds is 6. The summed E-state index contributed by atoms with van der Waals surface area (Å²) in [5, 5.41) is 5.56. The van der Waals surface area contributed by atoms with Crippen molar-refractivity contribution in [3.8, 4) is 11.5 Å². The number of benzene rings is 2. The summed E-state index contributed by atoms with van der Waals surface area (Å²) in [5.41, 5.74) is 0.148. The molecular formula is C21H21N3O7. The van der Waals surface area contributed by atoms with Crippen LogP contribution in [-0.2, 0) is 4.84 Å². The van der Waals surface area contributed by atoms with E-state index in [1.54, 1.807) is 26.0 Å². The second-order valence-corrected chi connectivity index (χ2v) is 6.83. The fourth-order valence-corrected chi connectivity index (χ4v) is 2.95. The minimum absolute atomic E-state index is 0.0393. The fraction of sp³-hybridized carbons (Fsp3) is 0.238. The summed E-state index contributed by atoms with van der Waals surface area (Å²) in [5.74, 6) is -2.13. The molecule has 2 aromatic rings. The highest BCUT2D eigenvalue weighted by Gasteiger charge is 2.39. The molecule has 1 heterocycles. The number of urea groups is 1. The zero-order valence-corrected chi connectivity index (χ0v) is 17.3. The monoisotopic (exact) mass is 427 g/mol. The van der Waals surface area contributed by atoms with Gasteiger partial charge in [0.05, 0.1) is 36.6 Å². The molecule has 0 spiro atoms. The Labute approximate surface area is 178 Å². The largest absolute Gasteiger partial charge is 0.493 e. The second-order valence-electron chi connectivity index (χ2n) is 6.83. The molecule has 3 rings (SSSR count). The molecule has 162 valence electrons. The molecule has 0 saturated carbocycles. The number of hydrogen-bond donors (Lipinski definition) is 2. The zero-order chi connectivity index (χ0) is 22.7. The molecule has 1 aliphatic rings. The van der Waals surface area contributed by atoms with Crippen molar-refractivity contribution in [1.29, 1.82) is 0 Å². The molecule has 0 fully saturated rings. The Kier molecular flexibility index (Phi) is 6.10. The van der Waals surface area contributed by atoms with E-state index in [0.29, 0.717) is 5.06 Å².